The summed E-state index contributed by atoms with van der Waals surface area (Å²) in [6, 6.07) is 0. The molecule has 60 heavy (non-hydrogen) atoms. The number of ketones is 4. The molecule has 332 valence electrons. The van der Waals surface area contributed by atoms with E-state index in [-0.39, 0.29) is 36.7 Å². The molecule has 8 aliphatic rings. The zero-order valence-electron chi connectivity index (χ0n) is 34.9. The first-order chi connectivity index (χ1) is 27.6. The number of aliphatic hydroxyl groups excluding tert-OH is 3. The summed E-state index contributed by atoms with van der Waals surface area (Å²) < 4.78 is 48.9. The van der Waals surface area contributed by atoms with E-state index in [1.54, 1.807) is 47.6 Å². The number of aliphatic hydroxyl groups is 5. The van der Waals surface area contributed by atoms with E-state index in [1.807, 2.05) is 0 Å². The van der Waals surface area contributed by atoms with Gasteiger partial charge in [0.1, 0.15) is 24.4 Å². The number of carbonyl (C=O) groups is 4. The first-order valence-electron chi connectivity index (χ1n) is 21.0. The number of allylic oxidation sites excluding steroid dienone is 8. The van der Waals surface area contributed by atoms with Crippen LogP contribution in [0.25, 0.3) is 0 Å². The van der Waals surface area contributed by atoms with Crippen LogP contribution in [0.15, 0.2) is 47.6 Å². The highest BCUT2D eigenvalue weighted by molar-refractivity contribution is 7.43. The lowest BCUT2D eigenvalue weighted by Gasteiger charge is -2.62. The lowest BCUT2D eigenvalue weighted by atomic mass is 9.44. The summed E-state index contributed by atoms with van der Waals surface area (Å²) in [5.74, 6) is -5.17. The van der Waals surface area contributed by atoms with Crippen LogP contribution in [0.5, 0.6) is 0 Å². The molecule has 0 bridgehead atoms. The predicted molar refractivity (Wildman–Crippen MR) is 206 cm³/mol. The minimum Gasteiger partial charge on any atom is -0.790 e. The first kappa shape index (κ1) is 45.4. The molecule has 0 heterocycles. The Kier molecular flexibility index (Phi) is 10.8. The molecule has 0 aromatic carbocycles. The van der Waals surface area contributed by atoms with E-state index in [1.165, 1.54) is 30.4 Å². The molecule has 0 saturated heterocycles. The van der Waals surface area contributed by atoms with Gasteiger partial charge in [0.15, 0.2) is 34.5 Å². The molecule has 8 aliphatic carbocycles. The SMILES string of the molecule is C[C@H]1CC2C3CCC4=CC(=O)C=C[C@]4(C)[C@@]3(F)[C@@H](O)C[C@]2(C)[C@@]1(O)C(=O)CO.C[C@H]1CC2C3CCC4=CC(=O)C=C[C@]4(C)[C@@]3(F)[C@@H](O)C[C@]2(C)[C@@]1(O)C(=O)COP(=O)([O-])[O-]. The molecule has 8 rings (SSSR count). The molecule has 16 atom stereocenters. The van der Waals surface area contributed by atoms with E-state index >= 15 is 8.78 Å². The molecule has 13 nitrogen and oxygen atoms in total. The third kappa shape index (κ3) is 5.72. The summed E-state index contributed by atoms with van der Waals surface area (Å²) in [6.45, 7) is 8.28. The molecule has 0 radical (unpaired) electrons. The normalized spacial score (nSPS) is 50.1. The molecule has 16 heteroatoms. The zero-order valence-corrected chi connectivity index (χ0v) is 35.8. The Morgan fingerprint density at radius 1 is 0.750 bits per heavy atom. The van der Waals surface area contributed by atoms with E-state index in [9.17, 15) is 59.1 Å². The Morgan fingerprint density at radius 2 is 1.13 bits per heavy atom. The lowest BCUT2D eigenvalue weighted by Crippen LogP contribution is -2.69. The monoisotopic (exact) mass is 862 g/mol. The van der Waals surface area contributed by atoms with Crippen LogP contribution in [-0.2, 0) is 28.3 Å². The third-order valence-corrected chi connectivity index (χ3v) is 18.2. The van der Waals surface area contributed by atoms with Gasteiger partial charge in [0.2, 0.25) is 0 Å². The molecular formula is C44H57F2O13P-2. The van der Waals surface area contributed by atoms with Crippen LogP contribution in [0.2, 0.25) is 0 Å². The Balaban J connectivity index is 0.000000183. The van der Waals surface area contributed by atoms with E-state index < -0.39 is 119 Å². The molecule has 0 amide bonds. The summed E-state index contributed by atoms with van der Waals surface area (Å²) in [7, 11) is -5.43. The fraction of sp³-hybridized carbons (Fsp3) is 0.727. The van der Waals surface area contributed by atoms with Gasteiger partial charge in [0.05, 0.1) is 20.0 Å². The fourth-order valence-electron chi connectivity index (χ4n) is 14.6. The van der Waals surface area contributed by atoms with Crippen molar-refractivity contribution < 1.29 is 72.4 Å². The Morgan fingerprint density at radius 3 is 1.50 bits per heavy atom. The van der Waals surface area contributed by atoms with Crippen molar-refractivity contribution in [3.8, 4) is 0 Å². The molecule has 0 aromatic rings. The molecule has 0 aliphatic heterocycles. The second kappa shape index (κ2) is 14.2. The summed E-state index contributed by atoms with van der Waals surface area (Å²) >= 11 is 0. The van der Waals surface area contributed by atoms with Crippen molar-refractivity contribution in [2.45, 2.75) is 128 Å². The largest absolute Gasteiger partial charge is 0.790 e. The first-order valence-corrected chi connectivity index (χ1v) is 22.4. The maximum atomic E-state index is 17.0. The Labute approximate surface area is 348 Å². The minimum absolute atomic E-state index is 0.0676. The number of Topliss-reactive ketones (excluding diaryl/α,β-unsaturated/α-hetero) is 2. The van der Waals surface area contributed by atoms with Gasteiger partial charge in [-0.05, 0) is 113 Å². The van der Waals surface area contributed by atoms with Crippen LogP contribution in [0.4, 0.5) is 8.78 Å². The molecular weight excluding hydrogens is 805 g/mol. The van der Waals surface area contributed by atoms with Crippen molar-refractivity contribution >= 4 is 31.0 Å². The second-order valence-corrected chi connectivity index (χ2v) is 21.2. The van der Waals surface area contributed by atoms with Gasteiger partial charge in [-0.2, -0.15) is 0 Å². The predicted octanol–water partition coefficient (Wildman–Crippen LogP) is 2.64. The standard InChI is InChI=1S/C22H30FO8P.C22H29FO5/c1-12-8-16-15-5-4-13-9-14(24)6-7-19(13,2)21(15,23)17(25)10-20(16,3)22(12,27)18(26)11-31-32(28,29)30;1-12-8-16-15-5-4-13-9-14(25)6-7-19(13,2)21(15,23)17(26)10-20(16,3)22(12,28)18(27)11-24/h6-7,9,12,15-17,25,27H,4-5,8,10-11H2,1-3H3,(H2,28,29,30);6-7,9,12,15-17,24,26,28H,4-5,8,10-11H2,1-3H3/p-2/t2*12-,15?,16?,17-,19-,20-,21-,22-/m00/s1. The quantitative estimate of drug-likeness (QED) is 0.242. The number of hydrogen-bond acceptors (Lipinski definition) is 13. The minimum atomic E-state index is -5.43. The van der Waals surface area contributed by atoms with Crippen LogP contribution in [0, 0.1) is 57.2 Å². The van der Waals surface area contributed by atoms with Gasteiger partial charge in [-0.1, -0.05) is 51.0 Å². The maximum Gasteiger partial charge on any atom is 0.191 e. The van der Waals surface area contributed by atoms with Crippen LogP contribution < -0.4 is 9.79 Å². The highest BCUT2D eigenvalue weighted by Gasteiger charge is 2.77. The number of alkyl halides is 2. The molecule has 5 N–H and O–H groups in total. The van der Waals surface area contributed by atoms with Gasteiger partial charge in [0.25, 0.3) is 0 Å². The summed E-state index contributed by atoms with van der Waals surface area (Å²) in [5.41, 5.74) is -11.2. The van der Waals surface area contributed by atoms with Crippen molar-refractivity contribution in [1.82, 2.24) is 0 Å². The van der Waals surface area contributed by atoms with Crippen molar-refractivity contribution in [1.29, 1.82) is 0 Å². The molecule has 0 aromatic heterocycles. The van der Waals surface area contributed by atoms with Crippen molar-refractivity contribution in [3.05, 3.63) is 47.6 Å². The number of phosphoric ester groups is 1. The summed E-state index contributed by atoms with van der Waals surface area (Å²) in [6.07, 6.45) is 7.97. The van der Waals surface area contributed by atoms with Gasteiger partial charge < -0.3 is 44.4 Å². The molecule has 0 spiro atoms. The number of rotatable bonds is 6. The second-order valence-electron chi connectivity index (χ2n) is 20.1. The average molecular weight is 863 g/mol. The molecule has 4 unspecified atom stereocenters. The third-order valence-electron chi connectivity index (χ3n) is 17.8. The number of halogens is 2. The van der Waals surface area contributed by atoms with E-state index in [2.05, 4.69) is 4.52 Å². The summed E-state index contributed by atoms with van der Waals surface area (Å²) in [4.78, 5) is 70.9. The Hall–Kier alpha value is -2.59. The number of hydrogen-bond donors (Lipinski definition) is 5. The zero-order chi connectivity index (χ0) is 44.6. The van der Waals surface area contributed by atoms with E-state index in [4.69, 9.17) is 0 Å². The highest BCUT2D eigenvalue weighted by atomic mass is 31.2. The highest BCUT2D eigenvalue weighted by Crippen LogP contribution is 2.72. The average Bonchev–Trinajstić information content (AvgIpc) is 3.50. The number of carbonyl (C=O) groups excluding carboxylic acids is 4. The topological polar surface area (TPSA) is 242 Å². The number of fused-ring (bicyclic) bond motifs is 10. The van der Waals surface area contributed by atoms with E-state index in [0.717, 1.165) is 0 Å². The molecule has 6 fully saturated rings. The van der Waals surface area contributed by atoms with Gasteiger partial charge in [0, 0.05) is 33.5 Å². The van der Waals surface area contributed by atoms with Crippen LogP contribution in [0.3, 0.4) is 0 Å². The Bertz CT molecular complexity index is 2060. The summed E-state index contributed by atoms with van der Waals surface area (Å²) in [5, 5.41) is 54.7. The van der Waals surface area contributed by atoms with Crippen LogP contribution in [-0.4, -0.2) is 96.6 Å². The van der Waals surface area contributed by atoms with Crippen molar-refractivity contribution in [2.75, 3.05) is 13.2 Å². The fourth-order valence-corrected chi connectivity index (χ4v) is 14.9. The maximum absolute atomic E-state index is 17.0. The van der Waals surface area contributed by atoms with Gasteiger partial charge >= 0.3 is 0 Å². The van der Waals surface area contributed by atoms with Crippen LogP contribution in [0.1, 0.15) is 92.9 Å². The van der Waals surface area contributed by atoms with Gasteiger partial charge in [-0.15, -0.1) is 0 Å². The molecule has 6 saturated carbocycles. The van der Waals surface area contributed by atoms with Crippen molar-refractivity contribution in [2.24, 2.45) is 57.2 Å². The van der Waals surface area contributed by atoms with E-state index in [0.29, 0.717) is 43.3 Å². The van der Waals surface area contributed by atoms with Crippen LogP contribution >= 0.6 is 7.82 Å². The van der Waals surface area contributed by atoms with Crippen molar-refractivity contribution in [3.63, 3.8) is 0 Å². The smallest absolute Gasteiger partial charge is 0.191 e. The number of phosphoric acid groups is 1. The van der Waals surface area contributed by atoms with Gasteiger partial charge in [-0.25, -0.2) is 8.78 Å². The van der Waals surface area contributed by atoms with Gasteiger partial charge in [-0.3, -0.25) is 19.2 Å². The lowest BCUT2D eigenvalue weighted by molar-refractivity contribution is -0.341.